The Balaban J connectivity index is 2.04. The summed E-state index contributed by atoms with van der Waals surface area (Å²) in [6.07, 6.45) is 6.96. The average molecular weight is 325 g/mol. The van der Waals surface area contributed by atoms with Gasteiger partial charge in [0.15, 0.2) is 0 Å². The number of unbranched alkanes of at least 4 members (excludes halogenated alkanes) is 2. The molecule has 2 aromatic rings. The second-order valence-corrected chi connectivity index (χ2v) is 7.01. The largest absolute Gasteiger partial charge is 0.369 e. The van der Waals surface area contributed by atoms with Crippen LogP contribution in [-0.2, 0) is 6.42 Å². The Morgan fingerprint density at radius 1 is 1.24 bits per heavy atom. The van der Waals surface area contributed by atoms with Crippen molar-refractivity contribution in [1.82, 2.24) is 9.97 Å². The molecule has 21 heavy (non-hydrogen) atoms. The zero-order valence-electron chi connectivity index (χ0n) is 13.0. The SMILES string of the molecule is CCc1cc2c(NCCCCCSC)nc(NC)nc2s1. The third-order valence-electron chi connectivity index (χ3n) is 3.33. The number of hydrogen-bond acceptors (Lipinski definition) is 6. The van der Waals surface area contributed by atoms with Crippen molar-refractivity contribution in [1.29, 1.82) is 0 Å². The number of rotatable bonds is 9. The monoisotopic (exact) mass is 324 g/mol. The number of aromatic nitrogens is 2. The van der Waals surface area contributed by atoms with E-state index in [4.69, 9.17) is 0 Å². The van der Waals surface area contributed by atoms with Gasteiger partial charge in [-0.05, 0) is 37.3 Å². The predicted octanol–water partition coefficient (Wildman–Crippen LogP) is 4.24. The first-order valence-electron chi connectivity index (χ1n) is 7.49. The van der Waals surface area contributed by atoms with Crippen LogP contribution in [0.5, 0.6) is 0 Å². The molecule has 6 heteroatoms. The van der Waals surface area contributed by atoms with Gasteiger partial charge in [0.2, 0.25) is 5.95 Å². The first-order chi connectivity index (χ1) is 10.3. The van der Waals surface area contributed by atoms with E-state index in [1.807, 2.05) is 18.8 Å². The standard InChI is InChI=1S/C15H24N4S2/c1-4-11-10-12-13(17-8-6-5-7-9-20-3)18-15(16-2)19-14(12)21-11/h10H,4-9H2,1-3H3,(H2,16,17,18,19). The van der Waals surface area contributed by atoms with Gasteiger partial charge in [0, 0.05) is 18.5 Å². The maximum absolute atomic E-state index is 4.57. The molecule has 2 N–H and O–H groups in total. The summed E-state index contributed by atoms with van der Waals surface area (Å²) in [5.41, 5.74) is 0. The number of aryl methyl sites for hydroxylation is 1. The van der Waals surface area contributed by atoms with E-state index in [2.05, 4.69) is 39.8 Å². The van der Waals surface area contributed by atoms with Crippen LogP contribution in [0.4, 0.5) is 11.8 Å². The molecular formula is C15H24N4S2. The summed E-state index contributed by atoms with van der Waals surface area (Å²) in [5, 5.41) is 7.68. The summed E-state index contributed by atoms with van der Waals surface area (Å²) < 4.78 is 0. The lowest BCUT2D eigenvalue weighted by atomic mass is 10.2. The highest BCUT2D eigenvalue weighted by molar-refractivity contribution is 7.98. The summed E-state index contributed by atoms with van der Waals surface area (Å²) in [6.45, 7) is 3.15. The molecule has 0 saturated heterocycles. The van der Waals surface area contributed by atoms with E-state index in [0.717, 1.165) is 29.0 Å². The summed E-state index contributed by atoms with van der Waals surface area (Å²) in [7, 11) is 1.86. The van der Waals surface area contributed by atoms with Crippen LogP contribution in [-0.4, -0.2) is 35.6 Å². The van der Waals surface area contributed by atoms with Gasteiger partial charge in [-0.2, -0.15) is 16.7 Å². The van der Waals surface area contributed by atoms with Crippen LogP contribution in [0.3, 0.4) is 0 Å². The molecule has 0 aliphatic rings. The van der Waals surface area contributed by atoms with Crippen molar-refractivity contribution in [3.8, 4) is 0 Å². The Morgan fingerprint density at radius 2 is 2.10 bits per heavy atom. The van der Waals surface area contributed by atoms with Gasteiger partial charge in [0.05, 0.1) is 5.39 Å². The number of thioether (sulfide) groups is 1. The fourth-order valence-corrected chi connectivity index (χ4v) is 3.61. The number of thiophene rings is 1. The fourth-order valence-electron chi connectivity index (χ4n) is 2.15. The number of fused-ring (bicyclic) bond motifs is 1. The summed E-state index contributed by atoms with van der Waals surface area (Å²) in [6, 6.07) is 2.22. The van der Waals surface area contributed by atoms with E-state index in [9.17, 15) is 0 Å². The Bertz CT molecular complexity index is 568. The summed E-state index contributed by atoms with van der Waals surface area (Å²) in [5.74, 6) is 2.91. The summed E-state index contributed by atoms with van der Waals surface area (Å²) in [4.78, 5) is 11.5. The van der Waals surface area contributed by atoms with Gasteiger partial charge in [-0.25, -0.2) is 4.98 Å². The second kappa shape index (κ2) is 8.44. The van der Waals surface area contributed by atoms with E-state index in [-0.39, 0.29) is 0 Å². The van der Waals surface area contributed by atoms with Crippen molar-refractivity contribution < 1.29 is 0 Å². The molecule has 2 aromatic heterocycles. The molecule has 0 amide bonds. The van der Waals surface area contributed by atoms with E-state index < -0.39 is 0 Å². The van der Waals surface area contributed by atoms with E-state index in [0.29, 0.717) is 5.95 Å². The van der Waals surface area contributed by atoms with Crippen molar-refractivity contribution in [2.45, 2.75) is 32.6 Å². The van der Waals surface area contributed by atoms with E-state index in [1.54, 1.807) is 11.3 Å². The maximum Gasteiger partial charge on any atom is 0.225 e. The lowest BCUT2D eigenvalue weighted by molar-refractivity contribution is 0.748. The Kier molecular flexibility index (Phi) is 6.57. The quantitative estimate of drug-likeness (QED) is 0.676. The Hall–Kier alpha value is -1.01. The predicted molar refractivity (Wildman–Crippen MR) is 97.1 cm³/mol. The molecule has 0 fully saturated rings. The topological polar surface area (TPSA) is 49.8 Å². The van der Waals surface area contributed by atoms with Gasteiger partial charge in [0.25, 0.3) is 0 Å². The van der Waals surface area contributed by atoms with E-state index >= 15 is 0 Å². The van der Waals surface area contributed by atoms with Crippen molar-refractivity contribution >= 4 is 45.1 Å². The fraction of sp³-hybridized carbons (Fsp3) is 0.600. The highest BCUT2D eigenvalue weighted by atomic mass is 32.2. The molecule has 0 spiro atoms. The Labute approximate surface area is 135 Å². The van der Waals surface area contributed by atoms with Gasteiger partial charge in [0.1, 0.15) is 10.6 Å². The molecular weight excluding hydrogens is 300 g/mol. The normalized spacial score (nSPS) is 11.0. The first kappa shape index (κ1) is 16.4. The zero-order chi connectivity index (χ0) is 15.1. The molecule has 2 rings (SSSR count). The number of anilines is 2. The molecule has 0 radical (unpaired) electrons. The van der Waals surface area contributed by atoms with Gasteiger partial charge in [-0.1, -0.05) is 13.3 Å². The molecule has 0 aliphatic carbocycles. The molecule has 0 atom stereocenters. The summed E-state index contributed by atoms with van der Waals surface area (Å²) >= 11 is 3.68. The van der Waals surface area contributed by atoms with Gasteiger partial charge in [-0.3, -0.25) is 0 Å². The lowest BCUT2D eigenvalue weighted by Crippen LogP contribution is -2.06. The highest BCUT2D eigenvalue weighted by Gasteiger charge is 2.10. The molecule has 0 aromatic carbocycles. The van der Waals surface area contributed by atoms with Crippen LogP contribution >= 0.6 is 23.1 Å². The third kappa shape index (κ3) is 4.48. The van der Waals surface area contributed by atoms with Crippen LogP contribution < -0.4 is 10.6 Å². The van der Waals surface area contributed by atoms with Crippen LogP contribution in [0.1, 0.15) is 31.1 Å². The second-order valence-electron chi connectivity index (χ2n) is 4.91. The Morgan fingerprint density at radius 3 is 2.81 bits per heavy atom. The van der Waals surface area contributed by atoms with Gasteiger partial charge in [-0.15, -0.1) is 11.3 Å². The average Bonchev–Trinajstić information content (AvgIpc) is 2.93. The highest BCUT2D eigenvalue weighted by Crippen LogP contribution is 2.30. The van der Waals surface area contributed by atoms with Crippen LogP contribution in [0.15, 0.2) is 6.07 Å². The number of nitrogens with one attached hydrogen (secondary N) is 2. The van der Waals surface area contributed by atoms with Gasteiger partial charge >= 0.3 is 0 Å². The number of nitrogens with zero attached hydrogens (tertiary/aromatic N) is 2. The van der Waals surface area contributed by atoms with Crippen molar-refractivity contribution in [3.05, 3.63) is 10.9 Å². The molecule has 116 valence electrons. The van der Waals surface area contributed by atoms with Crippen molar-refractivity contribution in [2.75, 3.05) is 36.2 Å². The van der Waals surface area contributed by atoms with Crippen molar-refractivity contribution in [2.24, 2.45) is 0 Å². The first-order valence-corrected chi connectivity index (χ1v) is 9.70. The maximum atomic E-state index is 4.57. The minimum Gasteiger partial charge on any atom is -0.369 e. The molecule has 0 aliphatic heterocycles. The van der Waals surface area contributed by atoms with Gasteiger partial charge < -0.3 is 10.6 Å². The molecule has 0 saturated carbocycles. The molecule has 4 nitrogen and oxygen atoms in total. The van der Waals surface area contributed by atoms with Crippen LogP contribution in [0, 0.1) is 0 Å². The lowest BCUT2D eigenvalue weighted by Gasteiger charge is -2.08. The van der Waals surface area contributed by atoms with E-state index in [1.165, 1.54) is 29.9 Å². The van der Waals surface area contributed by atoms with Crippen LogP contribution in [0.2, 0.25) is 0 Å². The smallest absolute Gasteiger partial charge is 0.225 e. The molecule has 0 bridgehead atoms. The third-order valence-corrected chi connectivity index (χ3v) is 5.20. The van der Waals surface area contributed by atoms with Crippen LogP contribution in [0.25, 0.3) is 10.2 Å². The molecule has 0 unspecified atom stereocenters. The zero-order valence-corrected chi connectivity index (χ0v) is 14.7. The molecule has 2 heterocycles. The number of hydrogen-bond donors (Lipinski definition) is 2. The minimum absolute atomic E-state index is 0.692. The van der Waals surface area contributed by atoms with Crippen molar-refractivity contribution in [3.63, 3.8) is 0 Å². The minimum atomic E-state index is 0.692.